The largest absolute Gasteiger partial charge is 0.497 e. The zero-order chi connectivity index (χ0) is 18.4. The van der Waals surface area contributed by atoms with Gasteiger partial charge in [0.2, 0.25) is 5.91 Å². The summed E-state index contributed by atoms with van der Waals surface area (Å²) in [4.78, 5) is 25.2. The summed E-state index contributed by atoms with van der Waals surface area (Å²) in [7, 11) is 1.57. The summed E-state index contributed by atoms with van der Waals surface area (Å²) in [5.74, 6) is 0.567. The number of nitro groups is 1. The van der Waals surface area contributed by atoms with Gasteiger partial charge in [-0.3, -0.25) is 14.9 Å². The third-order valence-electron chi connectivity index (χ3n) is 4.56. The van der Waals surface area contributed by atoms with Crippen LogP contribution in [-0.2, 0) is 16.8 Å². The predicted octanol–water partition coefficient (Wildman–Crippen LogP) is 3.01. The van der Waals surface area contributed by atoms with Gasteiger partial charge in [-0.15, -0.1) is 0 Å². The van der Waals surface area contributed by atoms with E-state index in [4.69, 9.17) is 10.5 Å². The van der Waals surface area contributed by atoms with Gasteiger partial charge in [0.05, 0.1) is 29.7 Å². The minimum Gasteiger partial charge on any atom is -0.497 e. The van der Waals surface area contributed by atoms with Gasteiger partial charge in [-0.2, -0.15) is 0 Å². The number of methoxy groups -OCH3 is 1. The maximum atomic E-state index is 12.9. The van der Waals surface area contributed by atoms with Gasteiger partial charge in [0.25, 0.3) is 5.69 Å². The fourth-order valence-electron chi connectivity index (χ4n) is 3.15. The lowest BCUT2D eigenvalue weighted by molar-refractivity contribution is -0.383. The molecule has 0 spiro atoms. The van der Waals surface area contributed by atoms with E-state index in [1.165, 1.54) is 12.1 Å². The minimum atomic E-state index is -0.794. The first-order valence-electron chi connectivity index (χ1n) is 7.79. The van der Waals surface area contributed by atoms with Crippen molar-refractivity contribution < 1.29 is 14.5 Å². The van der Waals surface area contributed by atoms with Crippen molar-refractivity contribution >= 4 is 23.0 Å². The Labute approximate surface area is 145 Å². The molecule has 2 N–H and O–H groups in total. The number of carbonyl (C=O) groups is 1. The Hall–Kier alpha value is -3.09. The summed E-state index contributed by atoms with van der Waals surface area (Å²) in [6.45, 7) is 3.89. The molecule has 2 aromatic carbocycles. The summed E-state index contributed by atoms with van der Waals surface area (Å²) >= 11 is 0. The summed E-state index contributed by atoms with van der Waals surface area (Å²) in [5, 5.41) is 11.2. The van der Waals surface area contributed by atoms with Crippen LogP contribution in [0.25, 0.3) is 0 Å². The number of fused-ring (bicyclic) bond motifs is 1. The van der Waals surface area contributed by atoms with Crippen molar-refractivity contribution in [1.29, 1.82) is 0 Å². The summed E-state index contributed by atoms with van der Waals surface area (Å²) in [6.07, 6.45) is 0. The van der Waals surface area contributed by atoms with E-state index >= 15 is 0 Å². The van der Waals surface area contributed by atoms with E-state index in [1.54, 1.807) is 25.9 Å². The number of nitrogens with two attached hydrogens (primary N) is 1. The number of carbonyl (C=O) groups excluding carboxylic acids is 1. The fraction of sp³-hybridized carbons (Fsp3) is 0.278. The number of ether oxygens (including phenoxy) is 1. The monoisotopic (exact) mass is 341 g/mol. The van der Waals surface area contributed by atoms with Crippen molar-refractivity contribution in [1.82, 2.24) is 0 Å². The Morgan fingerprint density at radius 1 is 1.28 bits per heavy atom. The van der Waals surface area contributed by atoms with E-state index in [9.17, 15) is 14.9 Å². The molecule has 1 amide bonds. The Bertz CT molecular complexity index is 877. The normalized spacial score (nSPS) is 15.2. The van der Waals surface area contributed by atoms with Crippen LogP contribution in [0.3, 0.4) is 0 Å². The highest BCUT2D eigenvalue weighted by Crippen LogP contribution is 2.45. The molecule has 7 heteroatoms. The zero-order valence-electron chi connectivity index (χ0n) is 14.3. The smallest absolute Gasteiger partial charge is 0.294 e. The van der Waals surface area contributed by atoms with Gasteiger partial charge in [0, 0.05) is 6.07 Å². The molecule has 3 rings (SSSR count). The van der Waals surface area contributed by atoms with Gasteiger partial charge in [-0.1, -0.05) is 12.1 Å². The van der Waals surface area contributed by atoms with E-state index in [0.29, 0.717) is 23.5 Å². The van der Waals surface area contributed by atoms with Crippen LogP contribution < -0.4 is 15.4 Å². The highest BCUT2D eigenvalue weighted by Gasteiger charge is 2.45. The molecule has 0 aliphatic carbocycles. The lowest BCUT2D eigenvalue weighted by atomic mass is 9.86. The molecule has 25 heavy (non-hydrogen) atoms. The topological polar surface area (TPSA) is 98.7 Å². The molecule has 7 nitrogen and oxygen atoms in total. The van der Waals surface area contributed by atoms with Crippen LogP contribution in [0, 0.1) is 10.1 Å². The van der Waals surface area contributed by atoms with E-state index in [0.717, 1.165) is 5.56 Å². The molecule has 0 bridgehead atoms. The summed E-state index contributed by atoms with van der Waals surface area (Å²) < 4.78 is 5.21. The molecule has 130 valence electrons. The second-order valence-electron chi connectivity index (χ2n) is 6.55. The molecular formula is C18H19N3O4. The average Bonchev–Trinajstić information content (AvgIpc) is 2.75. The number of nitrogen functional groups attached to an aromatic ring is 1. The van der Waals surface area contributed by atoms with E-state index in [1.807, 2.05) is 24.3 Å². The van der Waals surface area contributed by atoms with Gasteiger partial charge < -0.3 is 15.4 Å². The number of nitrogens with zero attached hydrogens (tertiary/aromatic N) is 2. The second-order valence-corrected chi connectivity index (χ2v) is 6.55. The molecular weight excluding hydrogens is 322 g/mol. The molecule has 0 fully saturated rings. The number of rotatable bonds is 4. The van der Waals surface area contributed by atoms with Crippen molar-refractivity contribution in [2.45, 2.75) is 25.8 Å². The fourth-order valence-corrected chi connectivity index (χ4v) is 3.15. The molecule has 2 aromatic rings. The second kappa shape index (κ2) is 5.77. The molecule has 0 unspecified atom stereocenters. The van der Waals surface area contributed by atoms with Crippen molar-refractivity contribution in [2.24, 2.45) is 0 Å². The van der Waals surface area contributed by atoms with Crippen LogP contribution in [0.5, 0.6) is 5.75 Å². The standard InChI is InChI=1S/C18H19N3O4/c1-18(2)13-8-14(19)16(21(23)24)9-15(13)20(17(18)22)10-11-5-4-6-12(7-11)25-3/h4-9H,10,19H2,1-3H3. The quantitative estimate of drug-likeness (QED) is 0.523. The zero-order valence-corrected chi connectivity index (χ0v) is 14.3. The first-order valence-corrected chi connectivity index (χ1v) is 7.79. The predicted molar refractivity (Wildman–Crippen MR) is 94.7 cm³/mol. The van der Waals surface area contributed by atoms with Crippen molar-refractivity contribution in [3.63, 3.8) is 0 Å². The Morgan fingerprint density at radius 2 is 2.00 bits per heavy atom. The van der Waals surface area contributed by atoms with Crippen LogP contribution in [0.1, 0.15) is 25.0 Å². The maximum absolute atomic E-state index is 12.9. The van der Waals surface area contributed by atoms with Crippen LogP contribution in [0.15, 0.2) is 36.4 Å². The van der Waals surface area contributed by atoms with E-state index in [-0.39, 0.29) is 17.3 Å². The summed E-state index contributed by atoms with van der Waals surface area (Å²) in [6, 6.07) is 10.3. The van der Waals surface area contributed by atoms with E-state index < -0.39 is 10.3 Å². The molecule has 0 atom stereocenters. The van der Waals surface area contributed by atoms with E-state index in [2.05, 4.69) is 0 Å². The van der Waals surface area contributed by atoms with Gasteiger partial charge >= 0.3 is 0 Å². The number of hydrogen-bond acceptors (Lipinski definition) is 5. The number of benzene rings is 2. The lowest BCUT2D eigenvalue weighted by Gasteiger charge is -2.20. The molecule has 0 radical (unpaired) electrons. The molecule has 1 aliphatic heterocycles. The average molecular weight is 341 g/mol. The number of nitro benzene ring substituents is 1. The lowest BCUT2D eigenvalue weighted by Crippen LogP contribution is -2.35. The molecule has 1 heterocycles. The third kappa shape index (κ3) is 2.67. The highest BCUT2D eigenvalue weighted by atomic mass is 16.6. The first-order chi connectivity index (χ1) is 11.8. The van der Waals surface area contributed by atoms with Crippen molar-refractivity contribution in [3.05, 3.63) is 57.6 Å². The van der Waals surface area contributed by atoms with Gasteiger partial charge in [-0.05, 0) is 43.2 Å². The first kappa shape index (κ1) is 16.8. The number of hydrogen-bond donors (Lipinski definition) is 1. The molecule has 1 aliphatic rings. The third-order valence-corrected chi connectivity index (χ3v) is 4.56. The Morgan fingerprint density at radius 3 is 2.64 bits per heavy atom. The minimum absolute atomic E-state index is 0.0628. The molecule has 0 aromatic heterocycles. The van der Waals surface area contributed by atoms with Crippen LogP contribution in [0.4, 0.5) is 17.1 Å². The SMILES string of the molecule is COc1cccc(CN2C(=O)C(C)(C)c3cc(N)c([N+](=O)[O-])cc32)c1. The Kier molecular flexibility index (Phi) is 3.87. The molecule has 0 saturated heterocycles. The number of anilines is 2. The molecule has 0 saturated carbocycles. The maximum Gasteiger partial charge on any atom is 0.294 e. The van der Waals surface area contributed by atoms with Gasteiger partial charge in [0.15, 0.2) is 0 Å². The van der Waals surface area contributed by atoms with Crippen LogP contribution >= 0.6 is 0 Å². The number of amides is 1. The van der Waals surface area contributed by atoms with Gasteiger partial charge in [-0.25, -0.2) is 0 Å². The van der Waals surface area contributed by atoms with Crippen molar-refractivity contribution in [3.8, 4) is 5.75 Å². The van der Waals surface area contributed by atoms with Crippen LogP contribution in [-0.4, -0.2) is 17.9 Å². The van der Waals surface area contributed by atoms with Crippen LogP contribution in [0.2, 0.25) is 0 Å². The van der Waals surface area contributed by atoms with Crippen molar-refractivity contribution in [2.75, 3.05) is 17.7 Å². The highest BCUT2D eigenvalue weighted by molar-refractivity contribution is 6.08. The van der Waals surface area contributed by atoms with Gasteiger partial charge in [0.1, 0.15) is 11.4 Å². The Balaban J connectivity index is 2.08. The summed E-state index contributed by atoms with van der Waals surface area (Å²) in [5.41, 5.74) is 6.98.